The first-order chi connectivity index (χ1) is 19.3. The van der Waals surface area contributed by atoms with Crippen molar-refractivity contribution in [1.82, 2.24) is 15.0 Å². The molecule has 3 aromatic rings. The Bertz CT molecular complexity index is 1340. The standard InChI is InChI=1S/C30H35IN4O5/c1-21(10-6-8-16-34-19-26(32-33-34)24(20-36)22-11-4-3-5-12-22)30(39)25-18-23(31)14-15-27(25)35(29(30)38)17-9-7-13-28(37)40-2/h3-6,10-12,14-15,18-19,21,24,36,39H,7-9,13,16-17,20H2,1-2H3/b10-6+/t21-,24?,30+/m1/s1. The van der Waals surface area contributed by atoms with E-state index in [-0.39, 0.29) is 24.4 Å². The number of aromatic nitrogens is 3. The molecule has 3 atom stereocenters. The van der Waals surface area contributed by atoms with E-state index >= 15 is 0 Å². The van der Waals surface area contributed by atoms with Gasteiger partial charge in [0.25, 0.3) is 5.91 Å². The number of unbranched alkanes of at least 4 members (excludes halogenated alkanes) is 1. The molecule has 0 fully saturated rings. The van der Waals surface area contributed by atoms with Crippen LogP contribution in [0.2, 0.25) is 0 Å². The van der Waals surface area contributed by atoms with E-state index in [0.717, 1.165) is 9.13 Å². The quantitative estimate of drug-likeness (QED) is 0.123. The van der Waals surface area contributed by atoms with Crippen molar-refractivity contribution >= 4 is 40.2 Å². The fourth-order valence-electron chi connectivity index (χ4n) is 5.07. The molecule has 9 nitrogen and oxygen atoms in total. The van der Waals surface area contributed by atoms with E-state index in [0.29, 0.717) is 55.7 Å². The number of esters is 1. The van der Waals surface area contributed by atoms with Crippen molar-refractivity contribution in [1.29, 1.82) is 0 Å². The molecule has 40 heavy (non-hydrogen) atoms. The molecule has 0 spiro atoms. The van der Waals surface area contributed by atoms with Crippen LogP contribution in [0.4, 0.5) is 5.69 Å². The largest absolute Gasteiger partial charge is 0.469 e. The molecule has 10 heteroatoms. The second-order valence-corrected chi connectivity index (χ2v) is 11.2. The van der Waals surface area contributed by atoms with E-state index in [9.17, 15) is 19.8 Å². The van der Waals surface area contributed by atoms with Gasteiger partial charge in [-0.25, -0.2) is 0 Å². The van der Waals surface area contributed by atoms with Gasteiger partial charge >= 0.3 is 5.97 Å². The number of aliphatic hydroxyl groups excluding tert-OH is 1. The van der Waals surface area contributed by atoms with E-state index < -0.39 is 11.5 Å². The van der Waals surface area contributed by atoms with Crippen LogP contribution < -0.4 is 4.90 Å². The molecule has 0 saturated heterocycles. The fourth-order valence-corrected chi connectivity index (χ4v) is 5.56. The molecule has 0 bridgehead atoms. The minimum atomic E-state index is -1.68. The maximum absolute atomic E-state index is 13.6. The van der Waals surface area contributed by atoms with Gasteiger partial charge in [-0.15, -0.1) is 5.10 Å². The predicted molar refractivity (Wildman–Crippen MR) is 160 cm³/mol. The van der Waals surface area contributed by atoms with Gasteiger partial charge in [-0.3, -0.25) is 14.3 Å². The maximum atomic E-state index is 13.6. The normalized spacial score (nSPS) is 18.2. The van der Waals surface area contributed by atoms with E-state index in [1.807, 2.05) is 73.8 Å². The van der Waals surface area contributed by atoms with Gasteiger partial charge in [-0.2, -0.15) is 0 Å². The van der Waals surface area contributed by atoms with E-state index in [1.165, 1.54) is 7.11 Å². The average Bonchev–Trinajstić information content (AvgIpc) is 3.51. The van der Waals surface area contributed by atoms with Crippen molar-refractivity contribution in [3.63, 3.8) is 0 Å². The van der Waals surface area contributed by atoms with E-state index in [2.05, 4.69) is 32.9 Å². The Morgan fingerprint density at radius 3 is 2.67 bits per heavy atom. The Balaban J connectivity index is 1.40. The first-order valence-electron chi connectivity index (χ1n) is 13.4. The highest BCUT2D eigenvalue weighted by atomic mass is 127. The number of halogens is 1. The van der Waals surface area contributed by atoms with Gasteiger partial charge in [0.2, 0.25) is 0 Å². The smallest absolute Gasteiger partial charge is 0.305 e. The number of ether oxygens (including phenoxy) is 1. The van der Waals surface area contributed by atoms with Gasteiger partial charge in [0.05, 0.1) is 31.0 Å². The monoisotopic (exact) mass is 658 g/mol. The number of aliphatic hydroxyl groups is 2. The fraction of sp³-hybridized carbons (Fsp3) is 0.400. The Hall–Kier alpha value is -3.09. The Labute approximate surface area is 248 Å². The number of anilines is 1. The lowest BCUT2D eigenvalue weighted by Crippen LogP contribution is -2.44. The molecule has 1 unspecified atom stereocenters. The lowest BCUT2D eigenvalue weighted by Gasteiger charge is -2.27. The molecule has 0 aliphatic carbocycles. The third kappa shape index (κ3) is 6.45. The molecular formula is C30H35IN4O5. The number of amides is 1. The van der Waals surface area contributed by atoms with Crippen LogP contribution in [0.3, 0.4) is 0 Å². The summed E-state index contributed by atoms with van der Waals surface area (Å²) in [6, 6.07) is 15.4. The van der Waals surface area contributed by atoms with Crippen LogP contribution >= 0.6 is 22.6 Å². The number of rotatable bonds is 13. The number of fused-ring (bicyclic) bond motifs is 1. The minimum absolute atomic E-state index is 0.0601. The number of nitrogens with zero attached hydrogens (tertiary/aromatic N) is 4. The molecule has 1 aliphatic rings. The zero-order valence-corrected chi connectivity index (χ0v) is 24.9. The van der Waals surface area contributed by atoms with Gasteiger partial charge in [0, 0.05) is 40.8 Å². The maximum Gasteiger partial charge on any atom is 0.305 e. The first kappa shape index (κ1) is 29.9. The highest BCUT2D eigenvalue weighted by Gasteiger charge is 2.52. The summed E-state index contributed by atoms with van der Waals surface area (Å²) >= 11 is 2.19. The molecule has 1 amide bonds. The molecule has 2 aromatic carbocycles. The topological polar surface area (TPSA) is 118 Å². The number of benzene rings is 2. The summed E-state index contributed by atoms with van der Waals surface area (Å²) in [5.41, 5.74) is 1.31. The van der Waals surface area contributed by atoms with Crippen molar-refractivity contribution in [3.05, 3.63) is 87.3 Å². The highest BCUT2D eigenvalue weighted by Crippen LogP contribution is 2.45. The zero-order chi connectivity index (χ0) is 28.7. The van der Waals surface area contributed by atoms with Crippen molar-refractivity contribution in [2.75, 3.05) is 25.2 Å². The lowest BCUT2D eigenvalue weighted by molar-refractivity contribution is -0.140. The first-order valence-corrected chi connectivity index (χ1v) is 14.5. The summed E-state index contributed by atoms with van der Waals surface area (Å²) in [4.78, 5) is 26.7. The van der Waals surface area contributed by atoms with Crippen LogP contribution in [-0.2, 0) is 26.5 Å². The van der Waals surface area contributed by atoms with Crippen molar-refractivity contribution in [2.45, 2.75) is 50.7 Å². The number of hydrogen-bond donors (Lipinski definition) is 2. The number of methoxy groups -OCH3 is 1. The lowest BCUT2D eigenvalue weighted by atomic mass is 9.83. The van der Waals surface area contributed by atoms with Crippen molar-refractivity contribution < 1.29 is 24.5 Å². The zero-order valence-electron chi connectivity index (χ0n) is 22.7. The Kier molecular flexibility index (Phi) is 10.1. The second-order valence-electron chi connectivity index (χ2n) is 9.98. The number of carbonyl (C=O) groups excluding carboxylic acids is 2. The summed E-state index contributed by atoms with van der Waals surface area (Å²) in [7, 11) is 1.36. The van der Waals surface area contributed by atoms with Crippen LogP contribution in [0, 0.1) is 9.49 Å². The Morgan fingerprint density at radius 1 is 1.18 bits per heavy atom. The molecule has 2 heterocycles. The summed E-state index contributed by atoms with van der Waals surface area (Å²) < 4.78 is 7.37. The van der Waals surface area contributed by atoms with Gasteiger partial charge in [0.1, 0.15) is 0 Å². The highest BCUT2D eigenvalue weighted by molar-refractivity contribution is 14.1. The number of hydrogen-bond acceptors (Lipinski definition) is 7. The molecule has 2 N–H and O–H groups in total. The van der Waals surface area contributed by atoms with Crippen LogP contribution in [0.15, 0.2) is 66.9 Å². The number of aryl methyl sites for hydroxylation is 1. The van der Waals surface area contributed by atoms with Crippen LogP contribution in [0.5, 0.6) is 0 Å². The molecule has 0 radical (unpaired) electrons. The SMILES string of the molecule is COC(=O)CCCCN1C(=O)[C@](O)([C@H](C)/C=C/CCn2cc(C(CO)c3ccccc3)nn2)c2cc(I)ccc21. The van der Waals surface area contributed by atoms with E-state index in [4.69, 9.17) is 4.74 Å². The summed E-state index contributed by atoms with van der Waals surface area (Å²) in [5.74, 6) is -1.33. The van der Waals surface area contributed by atoms with Crippen molar-refractivity contribution in [2.24, 2.45) is 5.92 Å². The number of allylic oxidation sites excluding steroid dienone is 1. The molecule has 1 aromatic heterocycles. The third-order valence-corrected chi connectivity index (χ3v) is 8.05. The average molecular weight is 659 g/mol. The second kappa shape index (κ2) is 13.5. The summed E-state index contributed by atoms with van der Waals surface area (Å²) in [6.07, 6.45) is 7.80. The summed E-state index contributed by atoms with van der Waals surface area (Å²) in [5, 5.41) is 30.2. The van der Waals surface area contributed by atoms with Gasteiger partial charge in [0.15, 0.2) is 5.60 Å². The minimum Gasteiger partial charge on any atom is -0.469 e. The van der Waals surface area contributed by atoms with Gasteiger partial charge < -0.3 is 19.8 Å². The molecule has 0 saturated carbocycles. The third-order valence-electron chi connectivity index (χ3n) is 7.38. The van der Waals surface area contributed by atoms with E-state index in [1.54, 1.807) is 9.58 Å². The summed E-state index contributed by atoms with van der Waals surface area (Å²) in [6.45, 7) is 2.76. The predicted octanol–water partition coefficient (Wildman–Crippen LogP) is 4.17. The van der Waals surface area contributed by atoms with Crippen LogP contribution in [-0.4, -0.2) is 57.3 Å². The Morgan fingerprint density at radius 2 is 1.95 bits per heavy atom. The molecular weight excluding hydrogens is 623 g/mol. The molecule has 4 rings (SSSR count). The van der Waals surface area contributed by atoms with Gasteiger partial charge in [-0.1, -0.05) is 54.6 Å². The van der Waals surface area contributed by atoms with Crippen LogP contribution in [0.1, 0.15) is 55.3 Å². The number of carbonyl (C=O) groups is 2. The van der Waals surface area contributed by atoms with Crippen LogP contribution in [0.25, 0.3) is 0 Å². The molecule has 212 valence electrons. The van der Waals surface area contributed by atoms with Crippen molar-refractivity contribution in [3.8, 4) is 0 Å². The van der Waals surface area contributed by atoms with Gasteiger partial charge in [-0.05, 0) is 65.6 Å². The molecule has 1 aliphatic heterocycles.